The van der Waals surface area contributed by atoms with Gasteiger partial charge in [-0.05, 0) is 19.1 Å². The first-order chi connectivity index (χ1) is 13.9. The normalized spacial score (nSPS) is 12.3. The molecule has 0 unspecified atom stereocenters. The monoisotopic (exact) mass is 393 g/mol. The molecule has 148 valence electrons. The third kappa shape index (κ3) is 3.66. The first kappa shape index (κ1) is 18.6. The second-order valence-corrected chi connectivity index (χ2v) is 6.79. The highest BCUT2D eigenvalue weighted by Gasteiger charge is 2.15. The molecule has 2 N–H and O–H groups in total. The Morgan fingerprint density at radius 2 is 2.03 bits per heavy atom. The van der Waals surface area contributed by atoms with Gasteiger partial charge in [0.15, 0.2) is 5.65 Å². The standard InChI is InChI=1S/C20H19N5O4/c1-11(13-9-12-5-3-4-6-14(12)21-10-13)29-16(26)8-7-15-22-17-18(23-15)25(2)20(28)24-19(17)27/h3-6,9-11H,7-8H2,1-2H3,(H,22,23)(H,24,27,28)/t11-/m1/s1. The summed E-state index contributed by atoms with van der Waals surface area (Å²) in [7, 11) is 1.51. The largest absolute Gasteiger partial charge is 0.458 e. The highest BCUT2D eigenvalue weighted by atomic mass is 16.5. The van der Waals surface area contributed by atoms with Crippen LogP contribution in [0.1, 0.15) is 30.8 Å². The minimum atomic E-state index is -0.544. The summed E-state index contributed by atoms with van der Waals surface area (Å²) in [6.07, 6.45) is 1.59. The number of rotatable bonds is 5. The summed E-state index contributed by atoms with van der Waals surface area (Å²) in [5.41, 5.74) is 1.05. The third-order valence-corrected chi connectivity index (χ3v) is 4.76. The van der Waals surface area contributed by atoms with Crippen LogP contribution in [0.25, 0.3) is 22.1 Å². The van der Waals surface area contributed by atoms with Crippen LogP contribution in [0.15, 0.2) is 46.1 Å². The van der Waals surface area contributed by atoms with Crippen LogP contribution in [0.4, 0.5) is 0 Å². The molecule has 0 fully saturated rings. The molecule has 0 spiro atoms. The minimum absolute atomic E-state index is 0.0804. The zero-order valence-electron chi connectivity index (χ0n) is 15.9. The lowest BCUT2D eigenvalue weighted by Crippen LogP contribution is -2.28. The van der Waals surface area contributed by atoms with Crippen molar-refractivity contribution in [3.63, 3.8) is 0 Å². The maximum absolute atomic E-state index is 12.3. The van der Waals surface area contributed by atoms with E-state index in [9.17, 15) is 14.4 Å². The number of pyridine rings is 1. The first-order valence-corrected chi connectivity index (χ1v) is 9.14. The van der Waals surface area contributed by atoms with Crippen LogP contribution in [-0.2, 0) is 23.0 Å². The Bertz CT molecular complexity index is 1330. The van der Waals surface area contributed by atoms with E-state index in [4.69, 9.17) is 4.74 Å². The van der Waals surface area contributed by atoms with E-state index >= 15 is 0 Å². The lowest BCUT2D eigenvalue weighted by molar-refractivity contribution is -0.148. The second kappa shape index (κ2) is 7.34. The molecule has 4 aromatic rings. The summed E-state index contributed by atoms with van der Waals surface area (Å²) in [6.45, 7) is 1.79. The predicted molar refractivity (Wildman–Crippen MR) is 107 cm³/mol. The predicted octanol–water partition coefficient (Wildman–Crippen LogP) is 1.74. The molecule has 0 aliphatic rings. The van der Waals surface area contributed by atoms with Crippen molar-refractivity contribution in [2.45, 2.75) is 25.9 Å². The number of hydrogen-bond acceptors (Lipinski definition) is 6. The number of nitrogens with one attached hydrogen (secondary N) is 2. The fourth-order valence-electron chi connectivity index (χ4n) is 3.13. The van der Waals surface area contributed by atoms with Gasteiger partial charge in [0.05, 0.1) is 11.9 Å². The molecule has 0 saturated heterocycles. The Morgan fingerprint density at radius 3 is 2.86 bits per heavy atom. The average molecular weight is 393 g/mol. The number of aromatic nitrogens is 5. The van der Waals surface area contributed by atoms with Crippen LogP contribution in [0.5, 0.6) is 0 Å². The third-order valence-electron chi connectivity index (χ3n) is 4.76. The summed E-state index contributed by atoms with van der Waals surface area (Å²) in [5, 5.41) is 0.978. The molecule has 3 heterocycles. The van der Waals surface area contributed by atoms with E-state index in [0.717, 1.165) is 16.5 Å². The van der Waals surface area contributed by atoms with E-state index in [-0.39, 0.29) is 24.0 Å². The molecule has 0 aliphatic carbocycles. The zero-order chi connectivity index (χ0) is 20.5. The van der Waals surface area contributed by atoms with Crippen molar-refractivity contribution in [2.75, 3.05) is 0 Å². The maximum Gasteiger partial charge on any atom is 0.329 e. The molecule has 0 aliphatic heterocycles. The van der Waals surface area contributed by atoms with Gasteiger partial charge in [-0.1, -0.05) is 18.2 Å². The van der Waals surface area contributed by atoms with E-state index < -0.39 is 23.3 Å². The first-order valence-electron chi connectivity index (χ1n) is 9.14. The minimum Gasteiger partial charge on any atom is -0.458 e. The van der Waals surface area contributed by atoms with E-state index in [2.05, 4.69) is 19.9 Å². The quantitative estimate of drug-likeness (QED) is 0.498. The number of nitrogens with zero attached hydrogens (tertiary/aromatic N) is 3. The van der Waals surface area contributed by atoms with Gasteiger partial charge in [0.1, 0.15) is 17.4 Å². The molecule has 9 heteroatoms. The Balaban J connectivity index is 1.43. The Labute approximate surface area is 164 Å². The van der Waals surface area contributed by atoms with E-state index in [1.807, 2.05) is 30.3 Å². The van der Waals surface area contributed by atoms with Crippen molar-refractivity contribution in [1.82, 2.24) is 24.5 Å². The smallest absolute Gasteiger partial charge is 0.329 e. The molecule has 9 nitrogen and oxygen atoms in total. The number of carbonyl (C=O) groups is 1. The average Bonchev–Trinajstić information content (AvgIpc) is 3.15. The molecule has 3 aromatic heterocycles. The van der Waals surface area contributed by atoms with Gasteiger partial charge < -0.3 is 9.72 Å². The topological polar surface area (TPSA) is 123 Å². The molecule has 1 atom stereocenters. The number of benzene rings is 1. The Morgan fingerprint density at radius 1 is 1.24 bits per heavy atom. The van der Waals surface area contributed by atoms with Crippen molar-refractivity contribution in [1.29, 1.82) is 0 Å². The van der Waals surface area contributed by atoms with Crippen LogP contribution in [0, 0.1) is 0 Å². The number of ether oxygens (including phenoxy) is 1. The number of hydrogen-bond donors (Lipinski definition) is 2. The van der Waals surface area contributed by atoms with Gasteiger partial charge in [-0.2, -0.15) is 0 Å². The van der Waals surface area contributed by atoms with Gasteiger partial charge in [-0.3, -0.25) is 24.1 Å². The van der Waals surface area contributed by atoms with Crippen molar-refractivity contribution in [3.05, 3.63) is 68.8 Å². The molecular formula is C20H19N5O4. The van der Waals surface area contributed by atoms with Crippen LogP contribution in [-0.4, -0.2) is 30.5 Å². The summed E-state index contributed by atoms with van der Waals surface area (Å²) < 4.78 is 6.74. The molecule has 1 aromatic carbocycles. The highest BCUT2D eigenvalue weighted by molar-refractivity contribution is 5.79. The number of aromatic amines is 2. The van der Waals surface area contributed by atoms with E-state index in [0.29, 0.717) is 5.82 Å². The van der Waals surface area contributed by atoms with Crippen LogP contribution >= 0.6 is 0 Å². The second-order valence-electron chi connectivity index (χ2n) is 6.79. The van der Waals surface area contributed by atoms with Crippen molar-refractivity contribution < 1.29 is 9.53 Å². The molecule has 0 radical (unpaired) electrons. The van der Waals surface area contributed by atoms with Crippen LogP contribution in [0.2, 0.25) is 0 Å². The van der Waals surface area contributed by atoms with Gasteiger partial charge in [0, 0.05) is 30.6 Å². The van der Waals surface area contributed by atoms with Crippen molar-refractivity contribution in [2.24, 2.45) is 7.05 Å². The van der Waals surface area contributed by atoms with E-state index in [1.165, 1.54) is 11.6 Å². The van der Waals surface area contributed by atoms with Crippen molar-refractivity contribution >= 4 is 28.0 Å². The van der Waals surface area contributed by atoms with Crippen LogP contribution in [0.3, 0.4) is 0 Å². The zero-order valence-corrected chi connectivity index (χ0v) is 15.9. The van der Waals surface area contributed by atoms with E-state index in [1.54, 1.807) is 13.1 Å². The summed E-state index contributed by atoms with van der Waals surface area (Å²) in [6, 6.07) is 9.67. The summed E-state index contributed by atoms with van der Waals surface area (Å²) in [5.74, 6) is 0.0394. The number of H-pyrrole nitrogens is 2. The number of aryl methyl sites for hydroxylation is 2. The fourth-order valence-corrected chi connectivity index (χ4v) is 3.13. The molecule has 0 bridgehead atoms. The lowest BCUT2D eigenvalue weighted by Gasteiger charge is -2.13. The van der Waals surface area contributed by atoms with Crippen LogP contribution < -0.4 is 11.2 Å². The number of esters is 1. The Kier molecular flexibility index (Phi) is 4.71. The highest BCUT2D eigenvalue weighted by Crippen LogP contribution is 2.21. The SMILES string of the molecule is C[C@@H](OC(=O)CCc1nc2c([nH]1)c(=O)[nH]c(=O)n2C)c1cnc2ccccc2c1. The number of carbonyl (C=O) groups excluding carboxylic acids is 1. The molecule has 0 saturated carbocycles. The molecule has 29 heavy (non-hydrogen) atoms. The molecule has 4 rings (SSSR count). The number of fused-ring (bicyclic) bond motifs is 2. The van der Waals surface area contributed by atoms with Gasteiger partial charge in [-0.25, -0.2) is 9.78 Å². The Hall–Kier alpha value is -3.75. The summed E-state index contributed by atoms with van der Waals surface area (Å²) >= 11 is 0. The van der Waals surface area contributed by atoms with Gasteiger partial charge >= 0.3 is 11.7 Å². The molecular weight excluding hydrogens is 374 g/mol. The molecule has 0 amide bonds. The van der Waals surface area contributed by atoms with Gasteiger partial charge in [-0.15, -0.1) is 0 Å². The number of imidazole rings is 1. The number of para-hydroxylation sites is 1. The van der Waals surface area contributed by atoms with Gasteiger partial charge in [0.2, 0.25) is 0 Å². The van der Waals surface area contributed by atoms with Crippen molar-refractivity contribution in [3.8, 4) is 0 Å². The lowest BCUT2D eigenvalue weighted by atomic mass is 10.1. The fraction of sp³-hybridized carbons (Fsp3) is 0.250. The van der Waals surface area contributed by atoms with Gasteiger partial charge in [0.25, 0.3) is 5.56 Å². The summed E-state index contributed by atoms with van der Waals surface area (Å²) in [4.78, 5) is 49.5. The maximum atomic E-state index is 12.3.